The van der Waals surface area contributed by atoms with E-state index in [0.29, 0.717) is 17.1 Å². The highest BCUT2D eigenvalue weighted by Gasteiger charge is 2.24. The van der Waals surface area contributed by atoms with Gasteiger partial charge in [0.05, 0.1) is 14.2 Å². The highest BCUT2D eigenvalue weighted by Crippen LogP contribution is 2.35. The minimum atomic E-state index is 0.0684. The van der Waals surface area contributed by atoms with E-state index in [9.17, 15) is 4.79 Å². The Morgan fingerprint density at radius 3 is 2.20 bits per heavy atom. The molecule has 0 unspecified atom stereocenters. The molecule has 2 aromatic rings. The summed E-state index contributed by atoms with van der Waals surface area (Å²) in [6.45, 7) is 0. The van der Waals surface area contributed by atoms with E-state index in [2.05, 4.69) is 17.0 Å². The monoisotopic (exact) mass is 337 g/mol. The van der Waals surface area contributed by atoms with Gasteiger partial charge in [-0.2, -0.15) is 0 Å². The van der Waals surface area contributed by atoms with Crippen LogP contribution in [-0.4, -0.2) is 34.1 Å². The number of carbonyl (C=O) groups excluding carboxylic acids is 1. The van der Waals surface area contributed by atoms with Crippen LogP contribution in [0.3, 0.4) is 0 Å². The molecule has 25 heavy (non-hydrogen) atoms. The van der Waals surface area contributed by atoms with Crippen molar-refractivity contribution in [3.8, 4) is 11.5 Å². The summed E-state index contributed by atoms with van der Waals surface area (Å²) < 4.78 is 10.7. The molecular formula is C21H23NO3. The van der Waals surface area contributed by atoms with E-state index in [1.807, 2.05) is 38.4 Å². The third-order valence-electron chi connectivity index (χ3n) is 4.56. The number of anilines is 1. The van der Waals surface area contributed by atoms with E-state index >= 15 is 0 Å². The van der Waals surface area contributed by atoms with E-state index in [0.717, 1.165) is 35.2 Å². The molecule has 0 amide bonds. The number of hydrogen-bond acceptors (Lipinski definition) is 4. The molecule has 130 valence electrons. The van der Waals surface area contributed by atoms with Crippen molar-refractivity contribution in [2.24, 2.45) is 0 Å². The summed E-state index contributed by atoms with van der Waals surface area (Å²) in [7, 11) is 7.21. The lowest BCUT2D eigenvalue weighted by Gasteiger charge is -2.20. The van der Waals surface area contributed by atoms with Gasteiger partial charge in [-0.1, -0.05) is 12.1 Å². The van der Waals surface area contributed by atoms with Gasteiger partial charge in [0.2, 0.25) is 0 Å². The number of ketones is 1. The third kappa shape index (κ3) is 3.38. The summed E-state index contributed by atoms with van der Waals surface area (Å²) in [6.07, 6.45) is 3.54. The molecule has 0 saturated heterocycles. The third-order valence-corrected chi connectivity index (χ3v) is 4.56. The zero-order chi connectivity index (χ0) is 18.0. The first kappa shape index (κ1) is 17.1. The van der Waals surface area contributed by atoms with Crippen LogP contribution in [0.1, 0.15) is 27.9 Å². The van der Waals surface area contributed by atoms with Crippen molar-refractivity contribution < 1.29 is 14.3 Å². The van der Waals surface area contributed by atoms with Crippen molar-refractivity contribution in [2.45, 2.75) is 12.8 Å². The van der Waals surface area contributed by atoms with Gasteiger partial charge in [-0.15, -0.1) is 0 Å². The van der Waals surface area contributed by atoms with Crippen LogP contribution in [0.15, 0.2) is 42.0 Å². The zero-order valence-corrected chi connectivity index (χ0v) is 15.1. The van der Waals surface area contributed by atoms with Gasteiger partial charge in [0.1, 0.15) is 0 Å². The fourth-order valence-corrected chi connectivity index (χ4v) is 3.10. The highest BCUT2D eigenvalue weighted by atomic mass is 16.5. The molecule has 0 aromatic heterocycles. The van der Waals surface area contributed by atoms with Crippen LogP contribution >= 0.6 is 0 Å². The summed E-state index contributed by atoms with van der Waals surface area (Å²) in [5.74, 6) is 1.32. The van der Waals surface area contributed by atoms with E-state index < -0.39 is 0 Å². The predicted octanol–water partition coefficient (Wildman–Crippen LogP) is 3.98. The topological polar surface area (TPSA) is 38.8 Å². The number of rotatable bonds is 4. The molecule has 0 N–H and O–H groups in total. The van der Waals surface area contributed by atoms with Crippen LogP contribution in [0.25, 0.3) is 6.08 Å². The van der Waals surface area contributed by atoms with Gasteiger partial charge >= 0.3 is 0 Å². The van der Waals surface area contributed by atoms with Gasteiger partial charge in [-0.05, 0) is 54.3 Å². The first-order valence-corrected chi connectivity index (χ1v) is 8.31. The molecular weight excluding hydrogens is 314 g/mol. The number of carbonyl (C=O) groups is 1. The van der Waals surface area contributed by atoms with Crippen LogP contribution in [-0.2, 0) is 6.42 Å². The minimum Gasteiger partial charge on any atom is -0.493 e. The largest absolute Gasteiger partial charge is 0.493 e. The fourth-order valence-electron chi connectivity index (χ4n) is 3.10. The summed E-state index contributed by atoms with van der Waals surface area (Å²) in [5.41, 5.74) is 4.73. The number of ether oxygens (including phenoxy) is 2. The van der Waals surface area contributed by atoms with Crippen molar-refractivity contribution in [2.75, 3.05) is 33.2 Å². The molecule has 1 aliphatic rings. The molecule has 4 heteroatoms. The number of allylic oxidation sites excluding steroid dienone is 1. The molecule has 0 spiro atoms. The maximum Gasteiger partial charge on any atom is 0.189 e. The SMILES string of the molecule is COc1cc2c(cc1OC)C(=O)/C(=C\c1ccc(N(C)C)cc1)CC2. The van der Waals surface area contributed by atoms with Crippen LogP contribution in [0, 0.1) is 0 Å². The lowest BCUT2D eigenvalue weighted by molar-refractivity contribution is 0.102. The number of Topliss-reactive ketones (excluding diaryl/α,β-unsaturated/α-hetero) is 1. The van der Waals surface area contributed by atoms with Crippen LogP contribution in [0.5, 0.6) is 11.5 Å². The molecule has 0 atom stereocenters. The number of aryl methyl sites for hydroxylation is 1. The average molecular weight is 337 g/mol. The maximum absolute atomic E-state index is 12.9. The lowest BCUT2D eigenvalue weighted by atomic mass is 9.85. The van der Waals surface area contributed by atoms with Gasteiger partial charge < -0.3 is 14.4 Å². The molecule has 0 fully saturated rings. The average Bonchev–Trinajstić information content (AvgIpc) is 2.63. The highest BCUT2D eigenvalue weighted by molar-refractivity contribution is 6.13. The predicted molar refractivity (Wildman–Crippen MR) is 101 cm³/mol. The Kier molecular flexibility index (Phi) is 4.79. The second-order valence-electron chi connectivity index (χ2n) is 6.35. The Morgan fingerprint density at radius 1 is 0.960 bits per heavy atom. The van der Waals surface area contributed by atoms with Crippen LogP contribution < -0.4 is 14.4 Å². The molecule has 0 saturated carbocycles. The van der Waals surface area contributed by atoms with Gasteiger partial charge in [-0.3, -0.25) is 4.79 Å². The Hall–Kier alpha value is -2.75. The molecule has 4 nitrogen and oxygen atoms in total. The number of hydrogen-bond donors (Lipinski definition) is 0. The van der Waals surface area contributed by atoms with Crippen molar-refractivity contribution in [1.82, 2.24) is 0 Å². The normalized spacial score (nSPS) is 15.0. The summed E-state index contributed by atoms with van der Waals surface area (Å²) >= 11 is 0. The summed E-state index contributed by atoms with van der Waals surface area (Å²) in [5, 5.41) is 0. The Morgan fingerprint density at radius 2 is 1.60 bits per heavy atom. The van der Waals surface area contributed by atoms with Gasteiger partial charge in [0.15, 0.2) is 17.3 Å². The molecule has 0 heterocycles. The first-order chi connectivity index (χ1) is 12.0. The van der Waals surface area contributed by atoms with Crippen molar-refractivity contribution >= 4 is 17.5 Å². The number of benzene rings is 2. The Labute approximate surface area is 148 Å². The van der Waals surface area contributed by atoms with Crippen molar-refractivity contribution in [3.05, 3.63) is 58.7 Å². The molecule has 0 aliphatic heterocycles. The second-order valence-corrected chi connectivity index (χ2v) is 6.35. The van der Waals surface area contributed by atoms with E-state index in [-0.39, 0.29) is 5.78 Å². The smallest absolute Gasteiger partial charge is 0.189 e. The summed E-state index contributed by atoms with van der Waals surface area (Å²) in [6, 6.07) is 11.9. The van der Waals surface area contributed by atoms with Gasteiger partial charge in [0, 0.05) is 30.9 Å². The number of fused-ring (bicyclic) bond motifs is 1. The molecule has 1 aliphatic carbocycles. The zero-order valence-electron chi connectivity index (χ0n) is 15.1. The maximum atomic E-state index is 12.9. The first-order valence-electron chi connectivity index (χ1n) is 8.31. The Balaban J connectivity index is 1.93. The van der Waals surface area contributed by atoms with Gasteiger partial charge in [-0.25, -0.2) is 0 Å². The molecule has 0 bridgehead atoms. The van der Waals surface area contributed by atoms with Crippen LogP contribution in [0.2, 0.25) is 0 Å². The lowest BCUT2D eigenvalue weighted by Crippen LogP contribution is -2.14. The minimum absolute atomic E-state index is 0.0684. The number of nitrogens with zero attached hydrogens (tertiary/aromatic N) is 1. The molecule has 2 aromatic carbocycles. The van der Waals surface area contributed by atoms with Crippen LogP contribution in [0.4, 0.5) is 5.69 Å². The van der Waals surface area contributed by atoms with Gasteiger partial charge in [0.25, 0.3) is 0 Å². The molecule has 3 rings (SSSR count). The fraction of sp³-hybridized carbons (Fsp3) is 0.286. The Bertz CT molecular complexity index is 820. The van der Waals surface area contributed by atoms with E-state index in [4.69, 9.17) is 9.47 Å². The van der Waals surface area contributed by atoms with Crippen molar-refractivity contribution in [1.29, 1.82) is 0 Å². The standard InChI is InChI=1S/C21H23NO3/c1-22(2)17-9-5-14(6-10-17)11-16-8-7-15-12-19(24-3)20(25-4)13-18(15)21(16)23/h5-6,9-13H,7-8H2,1-4H3/b16-11-. The van der Waals surface area contributed by atoms with Crippen molar-refractivity contribution in [3.63, 3.8) is 0 Å². The van der Waals surface area contributed by atoms with E-state index in [1.165, 1.54) is 0 Å². The number of methoxy groups -OCH3 is 2. The second kappa shape index (κ2) is 7.01. The molecule has 0 radical (unpaired) electrons. The summed E-state index contributed by atoms with van der Waals surface area (Å²) in [4.78, 5) is 14.9. The quantitative estimate of drug-likeness (QED) is 0.791. The van der Waals surface area contributed by atoms with E-state index in [1.54, 1.807) is 20.3 Å².